The number of hydrogen-bond acceptors (Lipinski definition) is 4. The van der Waals surface area contributed by atoms with Crippen molar-refractivity contribution in [3.63, 3.8) is 0 Å². The van der Waals surface area contributed by atoms with Crippen molar-refractivity contribution in [1.29, 1.82) is 0 Å². The van der Waals surface area contributed by atoms with E-state index in [2.05, 4.69) is 5.32 Å². The van der Waals surface area contributed by atoms with Crippen molar-refractivity contribution in [2.24, 2.45) is 5.92 Å². The highest BCUT2D eigenvalue weighted by atomic mass is 16.5. The number of ether oxygens (including phenoxy) is 2. The summed E-state index contributed by atoms with van der Waals surface area (Å²) in [6, 6.07) is 6.82. The van der Waals surface area contributed by atoms with Crippen LogP contribution in [0.5, 0.6) is 5.75 Å². The molecule has 112 valence electrons. The van der Waals surface area contributed by atoms with Crippen LogP contribution in [0.2, 0.25) is 0 Å². The Kier molecular flexibility index (Phi) is 4.62. The van der Waals surface area contributed by atoms with Gasteiger partial charge in [0.1, 0.15) is 18.4 Å². The normalized spacial score (nSPS) is 14.6. The molecule has 0 spiro atoms. The van der Waals surface area contributed by atoms with Gasteiger partial charge in [-0.05, 0) is 18.1 Å². The second-order valence-corrected chi connectivity index (χ2v) is 5.21. The molecular weight excluding hydrogens is 270 g/mol. The Hall–Kier alpha value is -2.30. The summed E-state index contributed by atoms with van der Waals surface area (Å²) in [6.45, 7) is 3.89. The van der Waals surface area contributed by atoms with Crippen LogP contribution in [0.4, 0.5) is 0 Å². The van der Waals surface area contributed by atoms with Crippen molar-refractivity contribution in [2.45, 2.75) is 19.9 Å². The standard InChI is InChI=1S/C16H19NO4/c1-10(2)14(16(19)20-3)17-15(18)12-8-11-6-4-5-7-13(11)21-9-12/h4-8,10,14H,9H2,1-3H3,(H,17,18). The number of hydrogen-bond donors (Lipinski definition) is 1. The van der Waals surface area contributed by atoms with Gasteiger partial charge < -0.3 is 14.8 Å². The first-order valence-corrected chi connectivity index (χ1v) is 6.84. The van der Waals surface area contributed by atoms with Crippen molar-refractivity contribution in [3.8, 4) is 5.75 Å². The fourth-order valence-electron chi connectivity index (χ4n) is 2.11. The van der Waals surface area contributed by atoms with Crippen molar-refractivity contribution in [1.82, 2.24) is 5.32 Å². The molecule has 0 saturated carbocycles. The highest BCUT2D eigenvalue weighted by molar-refractivity contribution is 6.00. The fourth-order valence-corrected chi connectivity index (χ4v) is 2.11. The number of rotatable bonds is 4. The fraction of sp³-hybridized carbons (Fsp3) is 0.375. The second kappa shape index (κ2) is 6.43. The van der Waals surface area contributed by atoms with Gasteiger partial charge in [-0.1, -0.05) is 32.0 Å². The van der Waals surface area contributed by atoms with Gasteiger partial charge in [0.15, 0.2) is 0 Å². The van der Waals surface area contributed by atoms with E-state index in [1.807, 2.05) is 38.1 Å². The molecule has 0 aromatic heterocycles. The van der Waals surface area contributed by atoms with Crippen molar-refractivity contribution in [2.75, 3.05) is 13.7 Å². The third-order valence-corrected chi connectivity index (χ3v) is 3.33. The van der Waals surface area contributed by atoms with E-state index >= 15 is 0 Å². The molecule has 21 heavy (non-hydrogen) atoms. The average molecular weight is 289 g/mol. The molecule has 1 aliphatic heterocycles. The summed E-state index contributed by atoms with van der Waals surface area (Å²) in [5.41, 5.74) is 1.34. The van der Waals surface area contributed by atoms with Gasteiger partial charge in [0.05, 0.1) is 12.7 Å². The summed E-state index contributed by atoms with van der Waals surface area (Å²) in [5.74, 6) is -0.0640. The van der Waals surface area contributed by atoms with E-state index in [1.54, 1.807) is 6.08 Å². The van der Waals surface area contributed by atoms with Crippen LogP contribution < -0.4 is 10.1 Å². The third kappa shape index (κ3) is 3.42. The highest BCUT2D eigenvalue weighted by Gasteiger charge is 2.27. The van der Waals surface area contributed by atoms with E-state index in [0.717, 1.165) is 11.3 Å². The number of nitrogens with one attached hydrogen (secondary N) is 1. The topological polar surface area (TPSA) is 64.6 Å². The summed E-state index contributed by atoms with van der Waals surface area (Å²) in [4.78, 5) is 24.0. The predicted molar refractivity (Wildman–Crippen MR) is 78.7 cm³/mol. The van der Waals surface area contributed by atoms with Crippen LogP contribution in [0.15, 0.2) is 29.8 Å². The number of benzene rings is 1. The Labute approximate surface area is 123 Å². The van der Waals surface area contributed by atoms with E-state index in [-0.39, 0.29) is 18.4 Å². The molecule has 1 aromatic carbocycles. The lowest BCUT2D eigenvalue weighted by atomic mass is 10.0. The summed E-state index contributed by atoms with van der Waals surface area (Å²) < 4.78 is 10.3. The van der Waals surface area contributed by atoms with Crippen molar-refractivity contribution >= 4 is 18.0 Å². The molecule has 5 nitrogen and oxygen atoms in total. The smallest absolute Gasteiger partial charge is 0.328 e. The molecule has 1 N–H and O–H groups in total. The Morgan fingerprint density at radius 2 is 2.00 bits per heavy atom. The van der Waals surface area contributed by atoms with Crippen LogP contribution >= 0.6 is 0 Å². The van der Waals surface area contributed by atoms with Gasteiger partial charge >= 0.3 is 5.97 Å². The molecular formula is C16H19NO4. The molecule has 1 amide bonds. The number of para-hydroxylation sites is 1. The molecule has 1 aliphatic rings. The molecule has 0 saturated heterocycles. The Balaban J connectivity index is 2.14. The summed E-state index contributed by atoms with van der Waals surface area (Å²) in [5, 5.41) is 2.71. The molecule has 1 unspecified atom stereocenters. The quantitative estimate of drug-likeness (QED) is 0.858. The predicted octanol–water partition coefficient (Wildman–Crippen LogP) is 1.78. The van der Waals surface area contributed by atoms with Gasteiger partial charge in [0.25, 0.3) is 5.91 Å². The zero-order valence-corrected chi connectivity index (χ0v) is 12.4. The first kappa shape index (κ1) is 15.1. The lowest BCUT2D eigenvalue weighted by Gasteiger charge is -2.22. The highest BCUT2D eigenvalue weighted by Crippen LogP contribution is 2.25. The molecule has 5 heteroatoms. The van der Waals surface area contributed by atoms with Gasteiger partial charge in [-0.25, -0.2) is 4.79 Å². The van der Waals surface area contributed by atoms with Crippen LogP contribution in [-0.4, -0.2) is 31.6 Å². The van der Waals surface area contributed by atoms with Crippen LogP contribution in [0, 0.1) is 5.92 Å². The van der Waals surface area contributed by atoms with E-state index in [4.69, 9.17) is 9.47 Å². The number of amides is 1. The monoisotopic (exact) mass is 289 g/mol. The van der Waals surface area contributed by atoms with Crippen LogP contribution in [-0.2, 0) is 14.3 Å². The Morgan fingerprint density at radius 1 is 1.29 bits per heavy atom. The van der Waals surface area contributed by atoms with Crippen molar-refractivity contribution < 1.29 is 19.1 Å². The molecule has 1 atom stereocenters. The van der Waals surface area contributed by atoms with E-state index in [1.165, 1.54) is 7.11 Å². The molecule has 0 fully saturated rings. The largest absolute Gasteiger partial charge is 0.488 e. The lowest BCUT2D eigenvalue weighted by Crippen LogP contribution is -2.46. The first-order chi connectivity index (χ1) is 10.0. The van der Waals surface area contributed by atoms with Gasteiger partial charge in [-0.2, -0.15) is 0 Å². The molecule has 0 bridgehead atoms. The number of fused-ring (bicyclic) bond motifs is 1. The molecule has 1 aromatic rings. The Morgan fingerprint density at radius 3 is 2.67 bits per heavy atom. The molecule has 2 rings (SSSR count). The lowest BCUT2D eigenvalue weighted by molar-refractivity contribution is -0.146. The number of esters is 1. The average Bonchev–Trinajstić information content (AvgIpc) is 2.50. The van der Waals surface area contributed by atoms with Gasteiger partial charge in [0.2, 0.25) is 0 Å². The van der Waals surface area contributed by atoms with Gasteiger partial charge in [-0.3, -0.25) is 4.79 Å². The first-order valence-electron chi connectivity index (χ1n) is 6.84. The number of methoxy groups -OCH3 is 1. The number of carbonyl (C=O) groups is 2. The number of carbonyl (C=O) groups excluding carboxylic acids is 2. The summed E-state index contributed by atoms with van der Waals surface area (Å²) in [6.07, 6.45) is 1.78. The zero-order chi connectivity index (χ0) is 15.4. The van der Waals surface area contributed by atoms with Crippen LogP contribution in [0.25, 0.3) is 6.08 Å². The second-order valence-electron chi connectivity index (χ2n) is 5.21. The Bertz CT molecular complexity index is 577. The van der Waals surface area contributed by atoms with Crippen molar-refractivity contribution in [3.05, 3.63) is 35.4 Å². The zero-order valence-electron chi connectivity index (χ0n) is 12.4. The van der Waals surface area contributed by atoms with Crippen LogP contribution in [0.1, 0.15) is 19.4 Å². The van der Waals surface area contributed by atoms with E-state index < -0.39 is 12.0 Å². The summed E-state index contributed by atoms with van der Waals surface area (Å²) in [7, 11) is 1.31. The minimum atomic E-state index is -0.666. The minimum absolute atomic E-state index is 0.0567. The summed E-state index contributed by atoms with van der Waals surface area (Å²) >= 11 is 0. The third-order valence-electron chi connectivity index (χ3n) is 3.33. The minimum Gasteiger partial charge on any atom is -0.488 e. The van der Waals surface area contributed by atoms with E-state index in [0.29, 0.717) is 5.57 Å². The van der Waals surface area contributed by atoms with Crippen LogP contribution in [0.3, 0.4) is 0 Å². The maximum Gasteiger partial charge on any atom is 0.328 e. The molecule has 0 radical (unpaired) electrons. The van der Waals surface area contributed by atoms with E-state index in [9.17, 15) is 9.59 Å². The maximum absolute atomic E-state index is 12.3. The molecule has 0 aliphatic carbocycles. The SMILES string of the molecule is COC(=O)C(NC(=O)C1=Cc2ccccc2OC1)C(C)C. The molecule has 1 heterocycles. The maximum atomic E-state index is 12.3. The van der Waals surface area contributed by atoms with Gasteiger partial charge in [-0.15, -0.1) is 0 Å². The van der Waals surface area contributed by atoms with Gasteiger partial charge in [0, 0.05) is 5.56 Å².